The molecule has 0 bridgehead atoms. The summed E-state index contributed by atoms with van der Waals surface area (Å²) in [5, 5.41) is 2.19. The Labute approximate surface area is 132 Å². The van der Waals surface area contributed by atoms with Crippen molar-refractivity contribution in [2.75, 3.05) is 11.9 Å². The van der Waals surface area contributed by atoms with Crippen LogP contribution in [0.15, 0.2) is 6.20 Å². The van der Waals surface area contributed by atoms with Gasteiger partial charge in [0.2, 0.25) is 5.95 Å². The number of halogens is 2. The van der Waals surface area contributed by atoms with Gasteiger partial charge in [0.25, 0.3) is 0 Å². The first-order valence-electron chi connectivity index (χ1n) is 7.34. The SMILES string of the molecule is O=C1CCN(C(=O)Nc2ncc(F)c(Cl)n2)[C@@H]2CCCC[C@H]12. The number of rotatable bonds is 1. The minimum Gasteiger partial charge on any atom is -0.320 e. The number of likely N-dealkylation sites (tertiary alicyclic amines) is 1. The molecule has 2 heterocycles. The minimum absolute atomic E-state index is 0.0411. The Kier molecular flexibility index (Phi) is 4.24. The summed E-state index contributed by atoms with van der Waals surface area (Å²) in [6.45, 7) is 0.390. The van der Waals surface area contributed by atoms with Crippen LogP contribution < -0.4 is 5.32 Å². The first kappa shape index (κ1) is 15.1. The van der Waals surface area contributed by atoms with Gasteiger partial charge in [0.15, 0.2) is 11.0 Å². The van der Waals surface area contributed by atoms with Crippen molar-refractivity contribution in [3.63, 3.8) is 0 Å². The van der Waals surface area contributed by atoms with Crippen LogP contribution in [-0.4, -0.2) is 39.3 Å². The number of nitrogens with one attached hydrogen (secondary N) is 1. The summed E-state index contributed by atoms with van der Waals surface area (Å²) in [5.41, 5.74) is 0. The molecule has 8 heteroatoms. The number of fused-ring (bicyclic) bond motifs is 1. The second-order valence-corrected chi connectivity index (χ2v) is 5.99. The summed E-state index contributed by atoms with van der Waals surface area (Å²) >= 11 is 5.58. The van der Waals surface area contributed by atoms with Crippen molar-refractivity contribution >= 4 is 29.4 Å². The number of hydrogen-bond donors (Lipinski definition) is 1. The average molecular weight is 327 g/mol. The van der Waals surface area contributed by atoms with Crippen LogP contribution in [0.25, 0.3) is 0 Å². The van der Waals surface area contributed by atoms with E-state index < -0.39 is 5.82 Å². The van der Waals surface area contributed by atoms with Gasteiger partial charge in [-0.15, -0.1) is 0 Å². The van der Waals surface area contributed by atoms with Gasteiger partial charge in [0.05, 0.1) is 6.20 Å². The topological polar surface area (TPSA) is 75.2 Å². The molecule has 22 heavy (non-hydrogen) atoms. The highest BCUT2D eigenvalue weighted by Gasteiger charge is 2.40. The maximum atomic E-state index is 13.0. The Balaban J connectivity index is 1.73. The molecule has 0 unspecified atom stereocenters. The lowest BCUT2D eigenvalue weighted by Crippen LogP contribution is -2.54. The smallest absolute Gasteiger partial charge is 0.320 e. The Morgan fingerprint density at radius 1 is 1.41 bits per heavy atom. The summed E-state index contributed by atoms with van der Waals surface area (Å²) in [6.07, 6.45) is 4.99. The number of carbonyl (C=O) groups is 2. The standard InChI is InChI=1S/C14H16ClFN4O2/c15-12-9(16)7-17-13(18-12)19-14(22)20-6-5-11(21)8-3-1-2-4-10(8)20/h7-8,10H,1-6H2,(H,17,18,19,22)/t8-,10+/m0/s1. The highest BCUT2D eigenvalue weighted by molar-refractivity contribution is 6.29. The number of amides is 2. The maximum Gasteiger partial charge on any atom is 0.324 e. The van der Waals surface area contributed by atoms with Gasteiger partial charge in [-0.1, -0.05) is 24.4 Å². The molecule has 1 aromatic heterocycles. The van der Waals surface area contributed by atoms with Crippen LogP contribution in [0.4, 0.5) is 15.1 Å². The Hall–Kier alpha value is -1.76. The van der Waals surface area contributed by atoms with Crippen molar-refractivity contribution in [1.82, 2.24) is 14.9 Å². The molecule has 1 aromatic rings. The number of nitrogens with zero attached hydrogens (tertiary/aromatic N) is 3. The number of carbonyl (C=O) groups excluding carboxylic acids is 2. The predicted octanol–water partition coefficient (Wildman–Crippen LogP) is 2.63. The number of piperidine rings is 1. The maximum absolute atomic E-state index is 13.0. The molecule has 118 valence electrons. The van der Waals surface area contributed by atoms with Crippen molar-refractivity contribution in [3.8, 4) is 0 Å². The monoisotopic (exact) mass is 326 g/mol. The number of Topliss-reactive ketones (excluding diaryl/α,β-unsaturated/α-hetero) is 1. The number of anilines is 1. The molecule has 0 aromatic carbocycles. The lowest BCUT2D eigenvalue weighted by atomic mass is 9.77. The van der Waals surface area contributed by atoms with E-state index in [4.69, 9.17) is 11.6 Å². The van der Waals surface area contributed by atoms with Crippen LogP contribution in [-0.2, 0) is 4.79 Å². The second kappa shape index (κ2) is 6.16. The van der Waals surface area contributed by atoms with Crippen LogP contribution in [0, 0.1) is 11.7 Å². The van der Waals surface area contributed by atoms with E-state index in [1.807, 2.05) is 0 Å². The van der Waals surface area contributed by atoms with Gasteiger partial charge in [-0.05, 0) is 12.8 Å². The molecule has 3 rings (SSSR count). The average Bonchev–Trinajstić information content (AvgIpc) is 2.51. The first-order chi connectivity index (χ1) is 10.6. The van der Waals surface area contributed by atoms with Gasteiger partial charge >= 0.3 is 6.03 Å². The molecular formula is C14H16ClFN4O2. The minimum atomic E-state index is -0.740. The van der Waals surface area contributed by atoms with Gasteiger partial charge in [0.1, 0.15) is 5.78 Å². The largest absolute Gasteiger partial charge is 0.324 e. The fourth-order valence-electron chi connectivity index (χ4n) is 3.27. The molecule has 1 N–H and O–H groups in total. The van der Waals surface area contributed by atoms with Crippen LogP contribution in [0.2, 0.25) is 5.15 Å². The molecule has 0 radical (unpaired) electrons. The van der Waals surface area contributed by atoms with Crippen molar-refractivity contribution in [2.45, 2.75) is 38.1 Å². The highest BCUT2D eigenvalue weighted by Crippen LogP contribution is 2.33. The van der Waals surface area contributed by atoms with E-state index in [1.165, 1.54) is 0 Å². The Morgan fingerprint density at radius 3 is 2.95 bits per heavy atom. The van der Waals surface area contributed by atoms with Crippen molar-refractivity contribution in [1.29, 1.82) is 0 Å². The second-order valence-electron chi connectivity index (χ2n) is 5.63. The molecule has 1 saturated carbocycles. The molecule has 2 fully saturated rings. The molecule has 2 amide bonds. The van der Waals surface area contributed by atoms with Gasteiger partial charge in [-0.25, -0.2) is 14.2 Å². The van der Waals surface area contributed by atoms with E-state index in [9.17, 15) is 14.0 Å². The van der Waals surface area contributed by atoms with Gasteiger partial charge < -0.3 is 4.90 Å². The predicted molar refractivity (Wildman–Crippen MR) is 78.1 cm³/mol. The van der Waals surface area contributed by atoms with Gasteiger partial charge in [-0.2, -0.15) is 4.98 Å². The third kappa shape index (κ3) is 2.90. The Morgan fingerprint density at radius 2 is 2.18 bits per heavy atom. The molecule has 2 aliphatic rings. The highest BCUT2D eigenvalue weighted by atomic mass is 35.5. The third-order valence-corrected chi connectivity index (χ3v) is 4.59. The molecule has 0 spiro atoms. The number of aromatic nitrogens is 2. The molecular weight excluding hydrogens is 311 g/mol. The third-order valence-electron chi connectivity index (χ3n) is 4.32. The van der Waals surface area contributed by atoms with E-state index >= 15 is 0 Å². The quantitative estimate of drug-likeness (QED) is 0.805. The number of urea groups is 1. The fourth-order valence-corrected chi connectivity index (χ4v) is 3.40. The van der Waals surface area contributed by atoms with E-state index in [1.54, 1.807) is 4.90 Å². The van der Waals surface area contributed by atoms with Crippen LogP contribution >= 0.6 is 11.6 Å². The van der Waals surface area contributed by atoms with E-state index in [-0.39, 0.29) is 34.9 Å². The zero-order chi connectivity index (χ0) is 15.7. The summed E-state index contributed by atoms with van der Waals surface area (Å²) in [5.74, 6) is -0.600. The molecule has 1 aliphatic carbocycles. The molecule has 6 nitrogen and oxygen atoms in total. The normalized spacial score (nSPS) is 24.8. The van der Waals surface area contributed by atoms with Gasteiger partial charge in [-0.3, -0.25) is 10.1 Å². The van der Waals surface area contributed by atoms with Crippen molar-refractivity contribution < 1.29 is 14.0 Å². The van der Waals surface area contributed by atoms with Crippen LogP contribution in [0.5, 0.6) is 0 Å². The Bertz CT molecular complexity index is 613. The van der Waals surface area contributed by atoms with Crippen molar-refractivity contribution in [2.24, 2.45) is 5.92 Å². The summed E-state index contributed by atoms with van der Waals surface area (Å²) < 4.78 is 13.0. The summed E-state index contributed by atoms with van der Waals surface area (Å²) in [4.78, 5) is 33.5. The number of ketones is 1. The van der Waals surface area contributed by atoms with E-state index in [2.05, 4.69) is 15.3 Å². The molecule has 1 saturated heterocycles. The van der Waals surface area contributed by atoms with E-state index in [0.717, 1.165) is 31.9 Å². The lowest BCUT2D eigenvalue weighted by molar-refractivity contribution is -0.129. The number of hydrogen-bond acceptors (Lipinski definition) is 4. The van der Waals surface area contributed by atoms with E-state index in [0.29, 0.717) is 13.0 Å². The molecule has 2 atom stereocenters. The van der Waals surface area contributed by atoms with Crippen LogP contribution in [0.1, 0.15) is 32.1 Å². The van der Waals surface area contributed by atoms with Crippen LogP contribution in [0.3, 0.4) is 0 Å². The van der Waals surface area contributed by atoms with Gasteiger partial charge in [0, 0.05) is 24.9 Å². The fraction of sp³-hybridized carbons (Fsp3) is 0.571. The zero-order valence-electron chi connectivity index (χ0n) is 11.9. The summed E-state index contributed by atoms with van der Waals surface area (Å²) in [6, 6.07) is -0.432. The zero-order valence-corrected chi connectivity index (χ0v) is 12.6. The lowest BCUT2D eigenvalue weighted by Gasteiger charge is -2.42. The summed E-state index contributed by atoms with van der Waals surface area (Å²) in [7, 11) is 0. The van der Waals surface area contributed by atoms with Crippen molar-refractivity contribution in [3.05, 3.63) is 17.2 Å². The molecule has 1 aliphatic heterocycles. The first-order valence-corrected chi connectivity index (χ1v) is 7.72.